The van der Waals surface area contributed by atoms with Gasteiger partial charge >= 0.3 is 0 Å². The van der Waals surface area contributed by atoms with Gasteiger partial charge in [0, 0.05) is 6.54 Å². The van der Waals surface area contributed by atoms with Gasteiger partial charge in [0.1, 0.15) is 22.8 Å². The van der Waals surface area contributed by atoms with Gasteiger partial charge in [0.05, 0.1) is 6.61 Å². The van der Waals surface area contributed by atoms with Crippen LogP contribution in [0.5, 0.6) is 5.88 Å². The van der Waals surface area contributed by atoms with Gasteiger partial charge < -0.3 is 14.5 Å². The van der Waals surface area contributed by atoms with Gasteiger partial charge in [-0.2, -0.15) is 4.98 Å². The molecule has 160 valence electrons. The second kappa shape index (κ2) is 8.53. The third kappa shape index (κ3) is 5.12. The minimum atomic E-state index is -1.85. The number of hydrogen-bond acceptors (Lipinski definition) is 7. The first-order valence-corrected chi connectivity index (χ1v) is 14.2. The van der Waals surface area contributed by atoms with Crippen molar-refractivity contribution in [3.63, 3.8) is 0 Å². The first kappa shape index (κ1) is 22.5. The zero-order chi connectivity index (χ0) is 21.4. The lowest BCUT2D eigenvalue weighted by molar-refractivity contribution is 0.294. The fourth-order valence-corrected chi connectivity index (χ4v) is 4.01. The molecular weight excluding hydrogens is 431 g/mol. The Balaban J connectivity index is 1.88. The van der Waals surface area contributed by atoms with E-state index in [1.165, 1.54) is 11.8 Å². The number of hydrogen-bond donors (Lipinski definition) is 1. The summed E-state index contributed by atoms with van der Waals surface area (Å²) in [4.78, 5) is 13.0. The van der Waals surface area contributed by atoms with E-state index in [-0.39, 0.29) is 27.7 Å². The lowest BCUT2D eigenvalue weighted by atomic mass is 10.2. The summed E-state index contributed by atoms with van der Waals surface area (Å²) >= 11 is 7.33. The highest BCUT2D eigenvalue weighted by molar-refractivity contribution is 7.98. The zero-order valence-corrected chi connectivity index (χ0v) is 20.3. The number of ether oxygens (including phenoxy) is 1. The van der Waals surface area contributed by atoms with Crippen LogP contribution in [0.1, 0.15) is 33.6 Å². The second-order valence-electron chi connectivity index (χ2n) is 8.66. The molecule has 0 unspecified atom stereocenters. The fourth-order valence-electron chi connectivity index (χ4n) is 2.43. The third-order valence-electron chi connectivity index (χ3n) is 5.34. The standard InChI is InChI=1S/C19H28ClFN4O2SSi/c1-19(2,3)29(5,6)26-10-9-22-16-12-14(23-18(25-16)28-4)13(21)15(20)24-17(12)27-11-7-8-11/h11H,7-10H2,1-6H3,(H,22,23,25). The molecule has 1 aliphatic carbocycles. The molecule has 0 spiro atoms. The molecule has 6 nitrogen and oxygen atoms in total. The van der Waals surface area contributed by atoms with Crippen molar-refractivity contribution in [2.75, 3.05) is 24.7 Å². The maximum absolute atomic E-state index is 14.7. The van der Waals surface area contributed by atoms with Crippen LogP contribution in [-0.4, -0.2) is 48.8 Å². The van der Waals surface area contributed by atoms with Gasteiger partial charge in [-0.05, 0) is 37.2 Å². The number of halogens is 2. The van der Waals surface area contributed by atoms with Crippen LogP contribution < -0.4 is 10.1 Å². The molecule has 2 aromatic heterocycles. The fraction of sp³-hybridized carbons (Fsp3) is 0.632. The number of rotatable bonds is 8. The molecule has 29 heavy (non-hydrogen) atoms. The summed E-state index contributed by atoms with van der Waals surface area (Å²) in [5.41, 5.74) is 0.118. The summed E-state index contributed by atoms with van der Waals surface area (Å²) in [7, 11) is -1.85. The van der Waals surface area contributed by atoms with Crippen LogP contribution >= 0.6 is 23.4 Å². The Morgan fingerprint density at radius 1 is 1.24 bits per heavy atom. The molecule has 10 heteroatoms. The van der Waals surface area contributed by atoms with E-state index >= 15 is 0 Å². The van der Waals surface area contributed by atoms with Crippen molar-refractivity contribution in [3.05, 3.63) is 11.0 Å². The number of aromatic nitrogens is 3. The van der Waals surface area contributed by atoms with Crippen molar-refractivity contribution in [2.45, 2.75) is 63.0 Å². The molecule has 1 aliphatic rings. The minimum absolute atomic E-state index is 0.0854. The van der Waals surface area contributed by atoms with Gasteiger partial charge in [-0.3, -0.25) is 0 Å². The highest BCUT2D eigenvalue weighted by Crippen LogP contribution is 2.38. The molecule has 1 saturated carbocycles. The quantitative estimate of drug-likeness (QED) is 0.184. The van der Waals surface area contributed by atoms with Crippen molar-refractivity contribution in [3.8, 4) is 5.88 Å². The van der Waals surface area contributed by atoms with Crippen LogP contribution in [0.15, 0.2) is 5.16 Å². The molecule has 0 aromatic carbocycles. The summed E-state index contributed by atoms with van der Waals surface area (Å²) in [6, 6.07) is 0. The van der Waals surface area contributed by atoms with Crippen molar-refractivity contribution in [1.82, 2.24) is 15.0 Å². The van der Waals surface area contributed by atoms with Crippen LogP contribution in [0.3, 0.4) is 0 Å². The number of pyridine rings is 1. The van der Waals surface area contributed by atoms with Crippen molar-refractivity contribution >= 4 is 48.4 Å². The molecule has 2 aromatic rings. The van der Waals surface area contributed by atoms with Gasteiger partial charge in [0.15, 0.2) is 24.4 Å². The second-order valence-corrected chi connectivity index (χ2v) is 14.6. The van der Waals surface area contributed by atoms with Crippen LogP contribution in [0.2, 0.25) is 23.3 Å². The van der Waals surface area contributed by atoms with E-state index in [0.717, 1.165) is 12.8 Å². The maximum atomic E-state index is 14.7. The van der Waals surface area contributed by atoms with E-state index < -0.39 is 14.1 Å². The van der Waals surface area contributed by atoms with Gasteiger partial charge in [-0.15, -0.1) is 0 Å². The molecule has 2 heterocycles. The Bertz CT molecular complexity index is 906. The maximum Gasteiger partial charge on any atom is 0.228 e. The zero-order valence-electron chi connectivity index (χ0n) is 17.7. The summed E-state index contributed by atoms with van der Waals surface area (Å²) in [6.07, 6.45) is 3.83. The average Bonchev–Trinajstić information content (AvgIpc) is 3.45. The van der Waals surface area contributed by atoms with E-state index in [0.29, 0.717) is 29.5 Å². The average molecular weight is 459 g/mol. The SMILES string of the molecule is CSc1nc(NCCO[Si](C)(C)C(C)(C)C)c2c(OC3CC3)nc(Cl)c(F)c2n1. The molecular formula is C19H28ClFN4O2SSi. The third-order valence-corrected chi connectivity index (χ3v) is 10.7. The normalized spacial score (nSPS) is 15.0. The number of thioether (sulfide) groups is 1. The molecule has 0 radical (unpaired) electrons. The van der Waals surface area contributed by atoms with E-state index in [1.807, 2.05) is 6.26 Å². The Hall–Kier alpha value is -1.16. The monoisotopic (exact) mass is 458 g/mol. The van der Waals surface area contributed by atoms with E-state index in [1.54, 1.807) is 0 Å². The Labute approximate surface area is 181 Å². The van der Waals surface area contributed by atoms with Crippen LogP contribution in [0, 0.1) is 5.82 Å². The van der Waals surface area contributed by atoms with Gasteiger partial charge in [0.2, 0.25) is 5.88 Å². The summed E-state index contributed by atoms with van der Waals surface area (Å²) in [5, 5.41) is 4.03. The van der Waals surface area contributed by atoms with Crippen LogP contribution in [0.25, 0.3) is 10.9 Å². The van der Waals surface area contributed by atoms with Gasteiger partial charge in [-0.1, -0.05) is 44.1 Å². The summed E-state index contributed by atoms with van der Waals surface area (Å²) in [5.74, 6) is 0.0920. The first-order chi connectivity index (χ1) is 13.5. The molecule has 1 N–H and O–H groups in total. The lowest BCUT2D eigenvalue weighted by Gasteiger charge is -2.36. The number of nitrogens with zero attached hydrogens (tertiary/aromatic N) is 3. The number of fused-ring (bicyclic) bond motifs is 1. The minimum Gasteiger partial charge on any atom is -0.474 e. The lowest BCUT2D eigenvalue weighted by Crippen LogP contribution is -2.41. The highest BCUT2D eigenvalue weighted by atomic mass is 35.5. The topological polar surface area (TPSA) is 69.2 Å². The Kier molecular flexibility index (Phi) is 6.62. The highest BCUT2D eigenvalue weighted by Gasteiger charge is 2.37. The predicted molar refractivity (Wildman–Crippen MR) is 119 cm³/mol. The van der Waals surface area contributed by atoms with Crippen LogP contribution in [-0.2, 0) is 4.43 Å². The Morgan fingerprint density at radius 3 is 2.52 bits per heavy atom. The number of nitrogens with one attached hydrogen (secondary N) is 1. The van der Waals surface area contributed by atoms with Crippen LogP contribution in [0.4, 0.5) is 10.2 Å². The summed E-state index contributed by atoms with van der Waals surface area (Å²) in [6.45, 7) is 12.1. The summed E-state index contributed by atoms with van der Waals surface area (Å²) < 4.78 is 26.8. The molecule has 1 fully saturated rings. The van der Waals surface area contributed by atoms with Crippen molar-refractivity contribution in [1.29, 1.82) is 0 Å². The molecule has 0 amide bonds. The molecule has 0 bridgehead atoms. The largest absolute Gasteiger partial charge is 0.474 e. The Morgan fingerprint density at radius 2 is 1.93 bits per heavy atom. The van der Waals surface area contributed by atoms with E-state index in [9.17, 15) is 4.39 Å². The first-order valence-electron chi connectivity index (χ1n) is 9.68. The molecule has 0 saturated heterocycles. The molecule has 0 atom stereocenters. The van der Waals surface area contributed by atoms with Crippen molar-refractivity contribution < 1.29 is 13.6 Å². The number of anilines is 1. The van der Waals surface area contributed by atoms with E-state index in [4.69, 9.17) is 20.8 Å². The van der Waals surface area contributed by atoms with E-state index in [2.05, 4.69) is 54.1 Å². The van der Waals surface area contributed by atoms with Crippen molar-refractivity contribution in [2.24, 2.45) is 0 Å². The molecule has 0 aliphatic heterocycles. The van der Waals surface area contributed by atoms with Gasteiger partial charge in [-0.25, -0.2) is 14.4 Å². The predicted octanol–water partition coefficient (Wildman–Crippen LogP) is 5.51. The smallest absolute Gasteiger partial charge is 0.228 e. The van der Waals surface area contributed by atoms with Gasteiger partial charge in [0.25, 0.3) is 0 Å². The molecule has 3 rings (SSSR count).